The molecule has 0 aliphatic carbocycles. The minimum absolute atomic E-state index is 0.114. The highest BCUT2D eigenvalue weighted by molar-refractivity contribution is 8.18. The fourth-order valence-corrected chi connectivity index (χ4v) is 4.52. The second-order valence-electron chi connectivity index (χ2n) is 7.27. The number of hydrogen-bond donors (Lipinski definition) is 0. The van der Waals surface area contributed by atoms with Crippen molar-refractivity contribution in [2.45, 2.75) is 13.8 Å². The summed E-state index contributed by atoms with van der Waals surface area (Å²) in [6.07, 6.45) is 1.75. The van der Waals surface area contributed by atoms with Crippen LogP contribution in [-0.2, 0) is 4.79 Å². The lowest BCUT2D eigenvalue weighted by Gasteiger charge is -2.13. The molecule has 1 aromatic heterocycles. The molecule has 5 nitrogen and oxygen atoms in total. The van der Waals surface area contributed by atoms with Crippen LogP contribution in [-0.4, -0.2) is 33.8 Å². The van der Waals surface area contributed by atoms with Gasteiger partial charge in [0.05, 0.1) is 11.4 Å². The van der Waals surface area contributed by atoms with E-state index >= 15 is 0 Å². The van der Waals surface area contributed by atoms with Crippen LogP contribution in [0.5, 0.6) is 5.75 Å². The molecule has 0 unspecified atom stereocenters. The highest BCUT2D eigenvalue weighted by atomic mass is 35.5. The van der Waals surface area contributed by atoms with Gasteiger partial charge in [-0.05, 0) is 91.8 Å². The van der Waals surface area contributed by atoms with Crippen LogP contribution in [0.25, 0.3) is 11.8 Å². The van der Waals surface area contributed by atoms with Gasteiger partial charge in [0.2, 0.25) is 0 Å². The zero-order valence-electron chi connectivity index (χ0n) is 17.5. The largest absolute Gasteiger partial charge is 0.492 e. The maximum absolute atomic E-state index is 13.0. The van der Waals surface area contributed by atoms with Crippen molar-refractivity contribution in [1.29, 1.82) is 0 Å². The first-order valence-corrected chi connectivity index (χ1v) is 11.1. The highest BCUT2D eigenvalue weighted by Crippen LogP contribution is 2.33. The molecule has 3 aromatic rings. The summed E-state index contributed by atoms with van der Waals surface area (Å²) in [5.41, 5.74) is 3.79. The molecular formula is C24H20ClFN2O3S. The number of carbonyl (C=O) groups is 2. The molecule has 0 radical (unpaired) electrons. The summed E-state index contributed by atoms with van der Waals surface area (Å²) in [5, 5.41) is 0.323. The van der Waals surface area contributed by atoms with Crippen LogP contribution in [0, 0.1) is 19.7 Å². The number of nitrogens with zero attached hydrogens (tertiary/aromatic N) is 2. The van der Waals surface area contributed by atoms with Gasteiger partial charge in [0, 0.05) is 22.1 Å². The lowest BCUT2D eigenvalue weighted by atomic mass is 10.2. The Labute approximate surface area is 194 Å². The van der Waals surface area contributed by atoms with Crippen LogP contribution in [0.3, 0.4) is 0 Å². The van der Waals surface area contributed by atoms with Gasteiger partial charge in [-0.3, -0.25) is 14.5 Å². The first kappa shape index (κ1) is 22.2. The minimum Gasteiger partial charge on any atom is -0.492 e. The number of benzene rings is 2. The van der Waals surface area contributed by atoms with E-state index in [4.69, 9.17) is 16.3 Å². The smallest absolute Gasteiger partial charge is 0.293 e. The molecule has 8 heteroatoms. The predicted molar refractivity (Wildman–Crippen MR) is 125 cm³/mol. The van der Waals surface area contributed by atoms with E-state index in [1.165, 1.54) is 29.2 Å². The lowest BCUT2D eigenvalue weighted by Crippen LogP contribution is -2.32. The van der Waals surface area contributed by atoms with E-state index in [9.17, 15) is 14.0 Å². The molecule has 32 heavy (non-hydrogen) atoms. The number of imide groups is 1. The number of hydrogen-bond acceptors (Lipinski definition) is 4. The van der Waals surface area contributed by atoms with Crippen molar-refractivity contribution >= 4 is 40.6 Å². The Morgan fingerprint density at radius 1 is 1.06 bits per heavy atom. The minimum atomic E-state index is -0.358. The summed E-state index contributed by atoms with van der Waals surface area (Å²) in [6, 6.07) is 15.1. The first-order chi connectivity index (χ1) is 15.3. The average Bonchev–Trinajstić information content (AvgIpc) is 3.19. The molecule has 0 spiro atoms. The quantitative estimate of drug-likeness (QED) is 0.414. The average molecular weight is 471 g/mol. The Morgan fingerprint density at radius 2 is 1.75 bits per heavy atom. The maximum atomic E-state index is 13.0. The van der Waals surface area contributed by atoms with Gasteiger partial charge in [0.25, 0.3) is 11.1 Å². The molecule has 2 heterocycles. The van der Waals surface area contributed by atoms with Crippen molar-refractivity contribution in [3.05, 3.63) is 87.3 Å². The lowest BCUT2D eigenvalue weighted by molar-refractivity contribution is -0.123. The van der Waals surface area contributed by atoms with E-state index in [2.05, 4.69) is 4.57 Å². The Kier molecular flexibility index (Phi) is 6.39. The Hall–Kier alpha value is -3.03. The molecule has 1 aliphatic rings. The summed E-state index contributed by atoms with van der Waals surface area (Å²) in [4.78, 5) is 26.7. The molecule has 0 atom stereocenters. The van der Waals surface area contributed by atoms with E-state index < -0.39 is 0 Å². The van der Waals surface area contributed by atoms with Crippen molar-refractivity contribution in [3.8, 4) is 11.4 Å². The topological polar surface area (TPSA) is 51.5 Å². The number of ether oxygens (including phenoxy) is 1. The van der Waals surface area contributed by atoms with Crippen LogP contribution in [0.1, 0.15) is 17.0 Å². The number of aryl methyl sites for hydroxylation is 1. The van der Waals surface area contributed by atoms with Crippen LogP contribution >= 0.6 is 23.4 Å². The molecule has 1 saturated heterocycles. The van der Waals surface area contributed by atoms with Crippen LogP contribution in [0.2, 0.25) is 5.02 Å². The third kappa shape index (κ3) is 4.59. The molecule has 2 aromatic carbocycles. The van der Waals surface area contributed by atoms with Gasteiger partial charge in [-0.2, -0.15) is 0 Å². The van der Waals surface area contributed by atoms with Crippen LogP contribution in [0.4, 0.5) is 9.18 Å². The summed E-state index contributed by atoms with van der Waals surface area (Å²) in [5.74, 6) is -0.230. The third-order valence-corrected chi connectivity index (χ3v) is 6.27. The fourth-order valence-electron chi connectivity index (χ4n) is 3.54. The Balaban J connectivity index is 1.48. The standard InChI is InChI=1S/C24H20ClFN2O3S/c1-15-13-17(16(2)28(15)20-7-3-18(25)4-8-20)14-22-23(29)27(24(30)32-22)11-12-31-21-9-5-19(26)6-10-21/h3-10,13-14H,11-12H2,1-2H3/b22-14-. The highest BCUT2D eigenvalue weighted by Gasteiger charge is 2.35. The van der Waals surface area contributed by atoms with E-state index in [-0.39, 0.29) is 30.1 Å². The number of rotatable bonds is 6. The number of amides is 2. The molecule has 2 amide bonds. The normalized spacial score (nSPS) is 15.1. The summed E-state index contributed by atoms with van der Waals surface area (Å²) >= 11 is 6.91. The molecule has 4 rings (SSSR count). The van der Waals surface area contributed by atoms with Gasteiger partial charge in [0.1, 0.15) is 18.2 Å². The Bertz CT molecular complexity index is 1200. The molecule has 1 fully saturated rings. The Morgan fingerprint density at radius 3 is 2.44 bits per heavy atom. The van der Waals surface area contributed by atoms with E-state index in [1.54, 1.807) is 6.08 Å². The van der Waals surface area contributed by atoms with E-state index in [0.717, 1.165) is 34.4 Å². The van der Waals surface area contributed by atoms with Gasteiger partial charge < -0.3 is 9.30 Å². The SMILES string of the molecule is Cc1cc(/C=C2\SC(=O)N(CCOc3ccc(F)cc3)C2=O)c(C)n1-c1ccc(Cl)cc1. The first-order valence-electron chi connectivity index (χ1n) is 9.92. The second kappa shape index (κ2) is 9.22. The second-order valence-corrected chi connectivity index (χ2v) is 8.70. The molecule has 1 aliphatic heterocycles. The maximum Gasteiger partial charge on any atom is 0.293 e. The van der Waals surface area contributed by atoms with Crippen molar-refractivity contribution < 1.29 is 18.7 Å². The van der Waals surface area contributed by atoms with Gasteiger partial charge >= 0.3 is 0 Å². The number of aromatic nitrogens is 1. The number of halogens is 2. The van der Waals surface area contributed by atoms with Gasteiger partial charge in [-0.1, -0.05) is 11.6 Å². The summed E-state index contributed by atoms with van der Waals surface area (Å²) in [7, 11) is 0. The zero-order chi connectivity index (χ0) is 22.8. The summed E-state index contributed by atoms with van der Waals surface area (Å²) in [6.45, 7) is 4.19. The molecule has 0 N–H and O–H groups in total. The van der Waals surface area contributed by atoms with E-state index in [1.807, 2.05) is 44.2 Å². The zero-order valence-corrected chi connectivity index (χ0v) is 19.0. The van der Waals surface area contributed by atoms with Crippen molar-refractivity contribution in [1.82, 2.24) is 9.47 Å². The van der Waals surface area contributed by atoms with Gasteiger partial charge in [-0.15, -0.1) is 0 Å². The summed E-state index contributed by atoms with van der Waals surface area (Å²) < 4.78 is 20.6. The number of carbonyl (C=O) groups excluding carboxylic acids is 2. The van der Waals surface area contributed by atoms with Crippen molar-refractivity contribution in [3.63, 3.8) is 0 Å². The fraction of sp³-hybridized carbons (Fsp3) is 0.167. The molecule has 0 saturated carbocycles. The van der Waals surface area contributed by atoms with Crippen molar-refractivity contribution in [2.75, 3.05) is 13.2 Å². The molecule has 0 bridgehead atoms. The van der Waals surface area contributed by atoms with Gasteiger partial charge in [0.15, 0.2) is 0 Å². The third-order valence-electron chi connectivity index (χ3n) is 5.11. The van der Waals surface area contributed by atoms with Crippen LogP contribution in [0.15, 0.2) is 59.5 Å². The van der Waals surface area contributed by atoms with Crippen molar-refractivity contribution in [2.24, 2.45) is 0 Å². The predicted octanol–water partition coefficient (Wildman–Crippen LogP) is 6.00. The molecular weight excluding hydrogens is 451 g/mol. The van der Waals surface area contributed by atoms with Crippen LogP contribution < -0.4 is 4.74 Å². The monoisotopic (exact) mass is 470 g/mol. The molecule has 164 valence electrons. The van der Waals surface area contributed by atoms with Gasteiger partial charge in [-0.25, -0.2) is 4.39 Å². The number of thioether (sulfide) groups is 1. The van der Waals surface area contributed by atoms with E-state index in [0.29, 0.717) is 15.7 Å².